The first-order valence-electron chi connectivity index (χ1n) is 5.36. The van der Waals surface area contributed by atoms with E-state index < -0.39 is 0 Å². The van der Waals surface area contributed by atoms with Crippen molar-refractivity contribution in [1.82, 2.24) is 4.90 Å². The second-order valence-electron chi connectivity index (χ2n) is 3.53. The number of hydrogen-bond acceptors (Lipinski definition) is 5. The molecule has 5 nitrogen and oxygen atoms in total. The number of nitriles is 3. The largest absolute Gasteiger partial charge is 0.396 e. The van der Waals surface area contributed by atoms with Crippen LogP contribution in [0.5, 0.6) is 0 Å². The fourth-order valence-corrected chi connectivity index (χ4v) is 1.53. The number of allylic oxidation sites excluding steroid dienone is 5. The van der Waals surface area contributed by atoms with Crippen LogP contribution in [-0.4, -0.2) is 11.4 Å². The number of rotatable bonds is 3. The fourth-order valence-electron chi connectivity index (χ4n) is 1.53. The van der Waals surface area contributed by atoms with Gasteiger partial charge in [-0.3, -0.25) is 0 Å². The molecule has 0 saturated carbocycles. The maximum Gasteiger partial charge on any atom is 0.153 e. The lowest BCUT2D eigenvalue weighted by molar-refractivity contribution is 0.526. The fraction of sp³-hybridized carbons (Fsp3) is 0.0714. The Bertz CT molecular complexity index is 610. The van der Waals surface area contributed by atoms with Crippen LogP contribution >= 0.6 is 0 Å². The van der Waals surface area contributed by atoms with Gasteiger partial charge in [0, 0.05) is 12.7 Å². The molecule has 1 rings (SSSR count). The molecule has 0 aromatic rings. The van der Waals surface area contributed by atoms with Crippen molar-refractivity contribution in [3.8, 4) is 18.2 Å². The van der Waals surface area contributed by atoms with Gasteiger partial charge >= 0.3 is 0 Å². The van der Waals surface area contributed by atoms with Gasteiger partial charge in [0.25, 0.3) is 0 Å². The maximum atomic E-state index is 9.22. The quantitative estimate of drug-likeness (QED) is 0.604. The third kappa shape index (κ3) is 2.91. The van der Waals surface area contributed by atoms with Gasteiger partial charge in [-0.05, 0) is 12.2 Å². The number of nitrogens with zero attached hydrogens (tertiary/aromatic N) is 4. The standard InChI is InChI=1S/C14H11N5/c1-2-6-19-7-4-3-5-13(19)12(10-17)14(18)11(8-15)9-16/h2-5,7H,1,6,18H2. The predicted octanol–water partition coefficient (Wildman–Crippen LogP) is 1.60. The normalized spacial score (nSPS) is 14.9. The van der Waals surface area contributed by atoms with Gasteiger partial charge in [0.1, 0.15) is 23.8 Å². The van der Waals surface area contributed by atoms with E-state index >= 15 is 0 Å². The van der Waals surface area contributed by atoms with Crippen molar-refractivity contribution in [2.24, 2.45) is 5.73 Å². The molecule has 0 aromatic heterocycles. The monoisotopic (exact) mass is 249 g/mol. The third-order valence-electron chi connectivity index (χ3n) is 2.40. The Morgan fingerprint density at radius 3 is 2.47 bits per heavy atom. The van der Waals surface area contributed by atoms with E-state index in [1.165, 1.54) is 0 Å². The molecule has 0 radical (unpaired) electrons. The molecule has 92 valence electrons. The van der Waals surface area contributed by atoms with Crippen LogP contribution in [0.2, 0.25) is 0 Å². The van der Waals surface area contributed by atoms with E-state index in [0.717, 1.165) is 0 Å². The van der Waals surface area contributed by atoms with Crippen LogP contribution in [0, 0.1) is 34.0 Å². The van der Waals surface area contributed by atoms with Crippen LogP contribution in [0.25, 0.3) is 0 Å². The molecule has 1 heterocycles. The Hall–Kier alpha value is -3.23. The lowest BCUT2D eigenvalue weighted by atomic mass is 10.1. The summed E-state index contributed by atoms with van der Waals surface area (Å²) >= 11 is 0. The second kappa shape index (κ2) is 6.49. The third-order valence-corrected chi connectivity index (χ3v) is 2.40. The van der Waals surface area contributed by atoms with Crippen molar-refractivity contribution in [3.63, 3.8) is 0 Å². The molecule has 2 N–H and O–H groups in total. The highest BCUT2D eigenvalue weighted by Crippen LogP contribution is 2.21. The van der Waals surface area contributed by atoms with Crippen LogP contribution < -0.4 is 5.73 Å². The Balaban J connectivity index is 3.44. The van der Waals surface area contributed by atoms with Gasteiger partial charge in [-0.15, -0.1) is 6.58 Å². The van der Waals surface area contributed by atoms with Gasteiger partial charge in [-0.25, -0.2) is 0 Å². The molecule has 0 aromatic carbocycles. The van der Waals surface area contributed by atoms with Crippen molar-refractivity contribution < 1.29 is 0 Å². The van der Waals surface area contributed by atoms with Crippen LogP contribution in [-0.2, 0) is 0 Å². The summed E-state index contributed by atoms with van der Waals surface area (Å²) < 4.78 is 0. The lowest BCUT2D eigenvalue weighted by Gasteiger charge is -2.23. The summed E-state index contributed by atoms with van der Waals surface area (Å²) in [7, 11) is 0. The maximum absolute atomic E-state index is 9.22. The van der Waals surface area contributed by atoms with Crippen LogP contribution in [0.15, 0.2) is 59.6 Å². The van der Waals surface area contributed by atoms with Crippen LogP contribution in [0.3, 0.4) is 0 Å². The van der Waals surface area contributed by atoms with E-state index in [4.69, 9.17) is 16.3 Å². The zero-order valence-corrected chi connectivity index (χ0v) is 10.2. The van der Waals surface area contributed by atoms with Gasteiger partial charge in [0.2, 0.25) is 0 Å². The molecule has 0 unspecified atom stereocenters. The summed E-state index contributed by atoms with van der Waals surface area (Å²) in [4.78, 5) is 1.75. The van der Waals surface area contributed by atoms with Gasteiger partial charge in [0.05, 0.1) is 11.4 Å². The van der Waals surface area contributed by atoms with Crippen molar-refractivity contribution in [3.05, 3.63) is 59.6 Å². The highest BCUT2D eigenvalue weighted by Gasteiger charge is 2.16. The van der Waals surface area contributed by atoms with Crippen molar-refractivity contribution >= 4 is 0 Å². The smallest absolute Gasteiger partial charge is 0.153 e. The van der Waals surface area contributed by atoms with E-state index in [9.17, 15) is 5.26 Å². The Kier molecular flexibility index (Phi) is 4.73. The Labute approximate surface area is 111 Å². The average Bonchev–Trinajstić information content (AvgIpc) is 2.43. The first-order chi connectivity index (χ1) is 9.19. The summed E-state index contributed by atoms with van der Waals surface area (Å²) in [6.45, 7) is 4.12. The van der Waals surface area contributed by atoms with E-state index in [1.54, 1.807) is 47.5 Å². The highest BCUT2D eigenvalue weighted by molar-refractivity contribution is 5.56. The summed E-state index contributed by atoms with van der Waals surface area (Å²) in [5, 5.41) is 26.8. The number of nitrogens with two attached hydrogens (primary N) is 1. The molecule has 0 fully saturated rings. The summed E-state index contributed by atoms with van der Waals surface area (Å²) in [5.74, 6) is 0. The molecule has 0 aliphatic carbocycles. The zero-order valence-electron chi connectivity index (χ0n) is 10.2. The molecular formula is C14H11N5. The topological polar surface area (TPSA) is 101 Å². The second-order valence-corrected chi connectivity index (χ2v) is 3.53. The predicted molar refractivity (Wildman–Crippen MR) is 70.3 cm³/mol. The number of hydrogen-bond donors (Lipinski definition) is 1. The van der Waals surface area contributed by atoms with Crippen LogP contribution in [0.4, 0.5) is 0 Å². The van der Waals surface area contributed by atoms with Gasteiger partial charge in [-0.1, -0.05) is 12.2 Å². The minimum absolute atomic E-state index is 0.0977. The molecule has 0 spiro atoms. The molecule has 0 amide bonds. The average molecular weight is 249 g/mol. The minimum atomic E-state index is -0.273. The first kappa shape index (κ1) is 13.8. The van der Waals surface area contributed by atoms with Crippen LogP contribution in [0.1, 0.15) is 0 Å². The molecule has 5 heteroatoms. The zero-order chi connectivity index (χ0) is 14.3. The molecule has 19 heavy (non-hydrogen) atoms. The van der Waals surface area contributed by atoms with Gasteiger partial charge < -0.3 is 10.6 Å². The Morgan fingerprint density at radius 2 is 1.95 bits per heavy atom. The molecule has 0 bridgehead atoms. The van der Waals surface area contributed by atoms with E-state index in [-0.39, 0.29) is 16.8 Å². The summed E-state index contributed by atoms with van der Waals surface area (Å²) in [6, 6.07) is 5.30. The van der Waals surface area contributed by atoms with E-state index in [1.807, 2.05) is 6.07 Å². The SMILES string of the molecule is C=CCN1C=CC=CC1=C(C#N)C(N)=C(C#N)C#N. The van der Waals surface area contributed by atoms with Crippen molar-refractivity contribution in [2.45, 2.75) is 0 Å². The molecule has 1 aliphatic rings. The minimum Gasteiger partial charge on any atom is -0.396 e. The van der Waals surface area contributed by atoms with Gasteiger partial charge in [-0.2, -0.15) is 15.8 Å². The molecule has 0 saturated heterocycles. The van der Waals surface area contributed by atoms with Crippen molar-refractivity contribution in [2.75, 3.05) is 6.54 Å². The van der Waals surface area contributed by atoms with Gasteiger partial charge in [0.15, 0.2) is 5.57 Å². The summed E-state index contributed by atoms with van der Waals surface area (Å²) in [6.07, 6.45) is 8.69. The molecule has 1 aliphatic heterocycles. The van der Waals surface area contributed by atoms with E-state index in [0.29, 0.717) is 12.2 Å². The highest BCUT2D eigenvalue weighted by atomic mass is 15.1. The summed E-state index contributed by atoms with van der Waals surface area (Å²) in [5.41, 5.74) is 5.97. The molecule has 0 atom stereocenters. The van der Waals surface area contributed by atoms with E-state index in [2.05, 4.69) is 6.58 Å². The lowest BCUT2D eigenvalue weighted by Crippen LogP contribution is -2.20. The van der Waals surface area contributed by atoms with Crippen molar-refractivity contribution in [1.29, 1.82) is 15.8 Å². The Morgan fingerprint density at radius 1 is 1.26 bits per heavy atom. The molecular weight excluding hydrogens is 238 g/mol. The first-order valence-corrected chi connectivity index (χ1v) is 5.36.